The Morgan fingerprint density at radius 3 is 2.43 bits per heavy atom. The number of benzene rings is 1. The van der Waals surface area contributed by atoms with Crippen LogP contribution in [0.1, 0.15) is 5.56 Å². The van der Waals surface area contributed by atoms with Crippen LogP contribution in [0.2, 0.25) is 0 Å². The van der Waals surface area contributed by atoms with Crippen LogP contribution in [0.15, 0.2) is 41.3 Å². The summed E-state index contributed by atoms with van der Waals surface area (Å²) in [6, 6.07) is 10.6. The molecule has 0 saturated carbocycles. The molecule has 0 bridgehead atoms. The van der Waals surface area contributed by atoms with Gasteiger partial charge < -0.3 is 4.90 Å². The molecule has 0 spiro atoms. The van der Waals surface area contributed by atoms with Crippen LogP contribution in [-0.4, -0.2) is 26.6 Å². The number of hydrogen-bond acceptors (Lipinski definition) is 6. The topological polar surface area (TPSA) is 80.5 Å². The van der Waals surface area contributed by atoms with Crippen LogP contribution in [0.4, 0.5) is 10.0 Å². The molecular formula is C13H14N2O4S2. The quantitative estimate of drug-likeness (QED) is 0.623. The van der Waals surface area contributed by atoms with Crippen LogP contribution in [-0.2, 0) is 16.4 Å². The van der Waals surface area contributed by atoms with Crippen LogP contribution in [0.3, 0.4) is 0 Å². The number of hydrogen-bond donors (Lipinski definition) is 0. The standard InChI is InChI=1S/C13H14N2O4S2/c1-14(9-10-6-4-3-5-7-10)13-11(21(2,18)19)8-12(20-13)15(16)17/h3-8H,9H2,1-2H3. The third kappa shape index (κ3) is 3.59. The summed E-state index contributed by atoms with van der Waals surface area (Å²) in [5.41, 5.74) is 0.996. The van der Waals surface area contributed by atoms with Gasteiger partial charge in [-0.15, -0.1) is 0 Å². The highest BCUT2D eigenvalue weighted by molar-refractivity contribution is 7.91. The van der Waals surface area contributed by atoms with Crippen molar-refractivity contribution in [2.45, 2.75) is 11.4 Å². The third-order valence-electron chi connectivity index (χ3n) is 2.86. The second-order valence-corrected chi connectivity index (χ2v) is 7.62. The molecule has 0 aliphatic carbocycles. The van der Waals surface area contributed by atoms with E-state index in [0.717, 1.165) is 29.2 Å². The van der Waals surface area contributed by atoms with E-state index >= 15 is 0 Å². The van der Waals surface area contributed by atoms with Gasteiger partial charge in [-0.25, -0.2) is 8.42 Å². The fourth-order valence-corrected chi connectivity index (χ4v) is 4.19. The molecule has 6 nitrogen and oxygen atoms in total. The molecule has 0 amide bonds. The summed E-state index contributed by atoms with van der Waals surface area (Å²) in [5, 5.41) is 11.1. The predicted molar refractivity (Wildman–Crippen MR) is 82.6 cm³/mol. The second-order valence-electron chi connectivity index (χ2n) is 4.62. The van der Waals surface area contributed by atoms with Crippen LogP contribution < -0.4 is 4.90 Å². The van der Waals surface area contributed by atoms with E-state index in [2.05, 4.69) is 0 Å². The van der Waals surface area contributed by atoms with Gasteiger partial charge in [-0.1, -0.05) is 30.3 Å². The van der Waals surface area contributed by atoms with Crippen molar-refractivity contribution in [1.82, 2.24) is 0 Å². The summed E-state index contributed by atoms with van der Waals surface area (Å²) in [7, 11) is -1.80. The highest BCUT2D eigenvalue weighted by atomic mass is 32.2. The van der Waals surface area contributed by atoms with E-state index in [1.807, 2.05) is 30.3 Å². The number of sulfone groups is 1. The van der Waals surface area contributed by atoms with Gasteiger partial charge in [-0.3, -0.25) is 10.1 Å². The Morgan fingerprint density at radius 1 is 1.29 bits per heavy atom. The average Bonchev–Trinajstić information content (AvgIpc) is 2.85. The van der Waals surface area contributed by atoms with Crippen molar-refractivity contribution in [1.29, 1.82) is 0 Å². The molecular weight excluding hydrogens is 312 g/mol. The minimum atomic E-state index is -3.52. The lowest BCUT2D eigenvalue weighted by Crippen LogP contribution is -2.17. The monoisotopic (exact) mass is 326 g/mol. The van der Waals surface area contributed by atoms with Crippen LogP contribution in [0.5, 0.6) is 0 Å². The number of rotatable bonds is 5. The minimum Gasteiger partial charge on any atom is -0.361 e. The molecule has 1 aromatic heterocycles. The Bertz CT molecular complexity index is 754. The van der Waals surface area contributed by atoms with Crippen LogP contribution in [0, 0.1) is 10.1 Å². The molecule has 0 aliphatic heterocycles. The smallest absolute Gasteiger partial charge is 0.327 e. The SMILES string of the molecule is CN(Cc1ccccc1)c1sc([N+](=O)[O-])cc1S(C)(=O)=O. The first-order valence-corrected chi connectivity index (χ1v) is 8.73. The lowest BCUT2D eigenvalue weighted by Gasteiger charge is -2.18. The number of anilines is 1. The van der Waals surface area contributed by atoms with Crippen LogP contribution in [0.25, 0.3) is 0 Å². The Morgan fingerprint density at radius 2 is 1.90 bits per heavy atom. The maximum absolute atomic E-state index is 11.8. The first kappa shape index (κ1) is 15.5. The highest BCUT2D eigenvalue weighted by Gasteiger charge is 2.25. The summed E-state index contributed by atoms with van der Waals surface area (Å²) in [5.74, 6) is 0. The van der Waals surface area contributed by atoms with Gasteiger partial charge in [-0.05, 0) is 16.9 Å². The first-order valence-electron chi connectivity index (χ1n) is 6.02. The zero-order valence-corrected chi connectivity index (χ0v) is 13.1. The minimum absolute atomic E-state index is 0.00219. The molecule has 2 rings (SSSR count). The van der Waals surface area contributed by atoms with Gasteiger partial charge in [0, 0.05) is 25.9 Å². The van der Waals surface area contributed by atoms with Gasteiger partial charge >= 0.3 is 5.00 Å². The lowest BCUT2D eigenvalue weighted by atomic mass is 10.2. The van der Waals surface area contributed by atoms with Crippen molar-refractivity contribution in [3.8, 4) is 0 Å². The fraction of sp³-hybridized carbons (Fsp3) is 0.231. The van der Waals surface area contributed by atoms with E-state index in [1.165, 1.54) is 0 Å². The van der Waals surface area contributed by atoms with Crippen molar-refractivity contribution < 1.29 is 13.3 Å². The Kier molecular flexibility index (Phi) is 4.29. The zero-order chi connectivity index (χ0) is 15.6. The molecule has 0 radical (unpaired) electrons. The average molecular weight is 326 g/mol. The molecule has 8 heteroatoms. The summed E-state index contributed by atoms with van der Waals surface area (Å²) in [6.45, 7) is 0.473. The zero-order valence-electron chi connectivity index (χ0n) is 11.5. The van der Waals surface area contributed by atoms with Crippen molar-refractivity contribution in [2.24, 2.45) is 0 Å². The second kappa shape index (κ2) is 5.82. The molecule has 2 aromatic rings. The molecule has 1 heterocycles. The molecule has 112 valence electrons. The van der Waals surface area contributed by atoms with Gasteiger partial charge in [0.05, 0.1) is 4.92 Å². The summed E-state index contributed by atoms with van der Waals surface area (Å²) in [6.07, 6.45) is 1.05. The fourth-order valence-electron chi connectivity index (χ4n) is 1.90. The van der Waals surface area contributed by atoms with Gasteiger partial charge in [0.25, 0.3) is 0 Å². The molecule has 0 saturated heterocycles. The molecule has 0 unspecified atom stereocenters. The van der Waals surface area contributed by atoms with Crippen LogP contribution >= 0.6 is 11.3 Å². The van der Waals surface area contributed by atoms with Gasteiger partial charge in [0.15, 0.2) is 9.84 Å². The van der Waals surface area contributed by atoms with E-state index in [4.69, 9.17) is 0 Å². The van der Waals surface area contributed by atoms with Gasteiger partial charge in [0.2, 0.25) is 0 Å². The van der Waals surface area contributed by atoms with Gasteiger partial charge in [-0.2, -0.15) is 0 Å². The summed E-state index contributed by atoms with van der Waals surface area (Å²) >= 11 is 0.870. The van der Waals surface area contributed by atoms with Crippen molar-refractivity contribution in [3.63, 3.8) is 0 Å². The van der Waals surface area contributed by atoms with E-state index < -0.39 is 14.8 Å². The molecule has 1 aromatic carbocycles. The third-order valence-corrected chi connectivity index (χ3v) is 5.30. The Balaban J connectivity index is 2.40. The number of thiophene rings is 1. The maximum Gasteiger partial charge on any atom is 0.327 e. The molecule has 0 aliphatic rings. The number of nitrogens with zero attached hydrogens (tertiary/aromatic N) is 2. The van der Waals surface area contributed by atoms with Gasteiger partial charge in [0.1, 0.15) is 9.90 Å². The van der Waals surface area contributed by atoms with E-state index in [-0.39, 0.29) is 9.90 Å². The van der Waals surface area contributed by atoms with E-state index in [0.29, 0.717) is 11.5 Å². The molecule has 21 heavy (non-hydrogen) atoms. The normalized spacial score (nSPS) is 11.3. The molecule has 0 N–H and O–H groups in total. The largest absolute Gasteiger partial charge is 0.361 e. The van der Waals surface area contributed by atoms with Crippen molar-refractivity contribution in [3.05, 3.63) is 52.1 Å². The summed E-state index contributed by atoms with van der Waals surface area (Å²) in [4.78, 5) is 12.0. The predicted octanol–water partition coefficient (Wildman–Crippen LogP) is 2.70. The molecule has 0 atom stereocenters. The Hall–Kier alpha value is -1.93. The van der Waals surface area contributed by atoms with E-state index in [1.54, 1.807) is 11.9 Å². The number of nitro groups is 1. The highest BCUT2D eigenvalue weighted by Crippen LogP contribution is 2.39. The van der Waals surface area contributed by atoms with Crippen molar-refractivity contribution >= 4 is 31.2 Å². The first-order chi connectivity index (χ1) is 9.79. The van der Waals surface area contributed by atoms with E-state index in [9.17, 15) is 18.5 Å². The van der Waals surface area contributed by atoms with Crippen molar-refractivity contribution in [2.75, 3.05) is 18.2 Å². The Labute approximate surface area is 126 Å². The maximum atomic E-state index is 11.8. The lowest BCUT2D eigenvalue weighted by molar-refractivity contribution is -0.380. The summed E-state index contributed by atoms with van der Waals surface area (Å²) < 4.78 is 23.6. The molecule has 0 fully saturated rings.